The molecule has 3 aromatic heterocycles. The molecular weight excluding hydrogens is 434 g/mol. The zero-order valence-corrected chi connectivity index (χ0v) is 19.5. The Balaban J connectivity index is 1.53. The van der Waals surface area contributed by atoms with Crippen molar-refractivity contribution in [3.63, 3.8) is 0 Å². The average molecular weight is 456 g/mol. The molecule has 1 atom stereocenters. The maximum atomic E-state index is 6.42. The number of H-pyrrole nitrogens is 1. The molecule has 3 heterocycles. The van der Waals surface area contributed by atoms with Crippen LogP contribution >= 0.6 is 11.3 Å². The first-order chi connectivity index (χ1) is 16.7. The summed E-state index contributed by atoms with van der Waals surface area (Å²) in [5.41, 5.74) is 8.16. The Labute approximate surface area is 200 Å². The monoisotopic (exact) mass is 455 g/mol. The summed E-state index contributed by atoms with van der Waals surface area (Å²) in [6.07, 6.45) is 5.59. The second-order valence-corrected chi connectivity index (χ2v) is 10.6. The van der Waals surface area contributed by atoms with E-state index in [2.05, 4.69) is 90.8 Å². The number of hydrogen-bond donors (Lipinski definition) is 1. The van der Waals surface area contributed by atoms with Crippen molar-refractivity contribution >= 4 is 70.4 Å². The number of para-hydroxylation sites is 1. The molecular formula is C31H21NOS. The summed E-state index contributed by atoms with van der Waals surface area (Å²) in [4.78, 5) is 3.73. The van der Waals surface area contributed by atoms with Crippen LogP contribution in [0.15, 0.2) is 83.3 Å². The van der Waals surface area contributed by atoms with Gasteiger partial charge in [0.25, 0.3) is 0 Å². The van der Waals surface area contributed by atoms with E-state index in [1.165, 1.54) is 58.7 Å². The predicted molar refractivity (Wildman–Crippen MR) is 146 cm³/mol. The number of rotatable bonds is 1. The highest BCUT2D eigenvalue weighted by molar-refractivity contribution is 7.25. The Morgan fingerprint density at radius 3 is 2.62 bits per heavy atom. The topological polar surface area (TPSA) is 28.9 Å². The molecule has 0 radical (unpaired) electrons. The van der Waals surface area contributed by atoms with Crippen LogP contribution in [0.25, 0.3) is 70.2 Å². The van der Waals surface area contributed by atoms with Crippen molar-refractivity contribution < 1.29 is 4.42 Å². The first kappa shape index (κ1) is 18.6. The van der Waals surface area contributed by atoms with E-state index in [4.69, 9.17) is 4.42 Å². The van der Waals surface area contributed by atoms with E-state index in [0.29, 0.717) is 5.92 Å². The van der Waals surface area contributed by atoms with Gasteiger partial charge in [0, 0.05) is 42.0 Å². The molecule has 0 spiro atoms. The molecule has 1 aliphatic carbocycles. The van der Waals surface area contributed by atoms with Crippen molar-refractivity contribution in [3.05, 3.63) is 90.1 Å². The van der Waals surface area contributed by atoms with E-state index in [1.54, 1.807) is 0 Å². The molecule has 34 heavy (non-hydrogen) atoms. The van der Waals surface area contributed by atoms with Crippen molar-refractivity contribution in [2.45, 2.75) is 13.3 Å². The second-order valence-electron chi connectivity index (χ2n) is 9.52. The lowest BCUT2D eigenvalue weighted by atomic mass is 9.89. The van der Waals surface area contributed by atoms with Crippen LogP contribution in [-0.4, -0.2) is 4.98 Å². The third-order valence-electron chi connectivity index (χ3n) is 7.36. The lowest BCUT2D eigenvalue weighted by Crippen LogP contribution is -2.01. The summed E-state index contributed by atoms with van der Waals surface area (Å²) in [5.74, 6) is 0.522. The van der Waals surface area contributed by atoms with Crippen molar-refractivity contribution in [3.8, 4) is 11.1 Å². The number of thiophene rings is 1. The van der Waals surface area contributed by atoms with Gasteiger partial charge < -0.3 is 9.40 Å². The maximum absolute atomic E-state index is 6.42. The quantitative estimate of drug-likeness (QED) is 0.262. The van der Waals surface area contributed by atoms with Crippen molar-refractivity contribution in [2.24, 2.45) is 5.92 Å². The number of benzene rings is 4. The van der Waals surface area contributed by atoms with Gasteiger partial charge >= 0.3 is 0 Å². The first-order valence-electron chi connectivity index (χ1n) is 11.8. The molecule has 0 saturated heterocycles. The Kier molecular flexibility index (Phi) is 3.62. The van der Waals surface area contributed by atoms with E-state index in [-0.39, 0.29) is 0 Å². The standard InChI is InChI=1S/C31H21NOS/c1-17-10-12-25-24(14-17)29-21(16-23-19-6-2-4-8-26(19)33-31(23)30(29)32-25)18-11-13-28-22(15-18)20-7-3-5-9-27(20)34-28/h2-13,15-17,32H,14H2,1H3. The first-order valence-corrected chi connectivity index (χ1v) is 12.6. The molecule has 1 unspecified atom stereocenters. The lowest BCUT2D eigenvalue weighted by Gasteiger charge is -2.14. The van der Waals surface area contributed by atoms with Crippen LogP contribution in [0.1, 0.15) is 18.2 Å². The van der Waals surface area contributed by atoms with Crippen LogP contribution in [-0.2, 0) is 6.42 Å². The minimum Gasteiger partial charge on any atom is -0.454 e. The largest absolute Gasteiger partial charge is 0.454 e. The van der Waals surface area contributed by atoms with E-state index < -0.39 is 0 Å². The average Bonchev–Trinajstić information content (AvgIpc) is 3.54. The lowest BCUT2D eigenvalue weighted by molar-refractivity contribution is 0.672. The van der Waals surface area contributed by atoms with Crippen LogP contribution in [0.5, 0.6) is 0 Å². The predicted octanol–water partition coefficient (Wildman–Crippen LogP) is 9.31. The van der Waals surface area contributed by atoms with Gasteiger partial charge in [0.15, 0.2) is 5.58 Å². The molecule has 0 aliphatic heterocycles. The number of aromatic nitrogens is 1. The minimum absolute atomic E-state index is 0.522. The highest BCUT2D eigenvalue weighted by atomic mass is 32.1. The molecule has 8 rings (SSSR count). The van der Waals surface area contributed by atoms with E-state index in [0.717, 1.165) is 23.1 Å². The summed E-state index contributed by atoms with van der Waals surface area (Å²) in [6, 6.07) is 26.4. The van der Waals surface area contributed by atoms with Crippen molar-refractivity contribution in [2.75, 3.05) is 0 Å². The third-order valence-corrected chi connectivity index (χ3v) is 8.51. The van der Waals surface area contributed by atoms with E-state index in [1.807, 2.05) is 17.4 Å². The zero-order chi connectivity index (χ0) is 22.4. The normalized spacial score (nSPS) is 15.9. The highest BCUT2D eigenvalue weighted by Gasteiger charge is 2.23. The highest BCUT2D eigenvalue weighted by Crippen LogP contribution is 2.45. The number of nitrogens with one attached hydrogen (secondary N) is 1. The Bertz CT molecular complexity index is 1960. The van der Waals surface area contributed by atoms with Gasteiger partial charge in [-0.25, -0.2) is 0 Å². The van der Waals surface area contributed by atoms with Crippen LogP contribution in [0.3, 0.4) is 0 Å². The molecule has 0 fully saturated rings. The van der Waals surface area contributed by atoms with Crippen LogP contribution in [0, 0.1) is 5.92 Å². The minimum atomic E-state index is 0.522. The van der Waals surface area contributed by atoms with Gasteiger partial charge in [0.1, 0.15) is 5.58 Å². The molecule has 0 bridgehead atoms. The van der Waals surface area contributed by atoms with Gasteiger partial charge in [-0.05, 0) is 65.4 Å². The van der Waals surface area contributed by atoms with Gasteiger partial charge in [-0.2, -0.15) is 0 Å². The molecule has 4 aromatic carbocycles. The zero-order valence-electron chi connectivity index (χ0n) is 18.7. The van der Waals surface area contributed by atoms with Crippen LogP contribution in [0.2, 0.25) is 0 Å². The summed E-state index contributed by atoms with van der Waals surface area (Å²) in [5, 5.41) is 6.31. The molecule has 1 aliphatic rings. The van der Waals surface area contributed by atoms with Crippen LogP contribution in [0.4, 0.5) is 0 Å². The molecule has 0 saturated carbocycles. The molecule has 2 nitrogen and oxygen atoms in total. The molecule has 7 aromatic rings. The Hall–Kier alpha value is -3.82. The number of allylic oxidation sites excluding steroid dienone is 1. The third kappa shape index (κ3) is 2.45. The Morgan fingerprint density at radius 2 is 1.68 bits per heavy atom. The SMILES string of the molecule is CC1C=Cc2[nH]c3c(c(-c4ccc5sc6ccccc6c5c4)cc4c5ccccc5oc43)c2C1. The fourth-order valence-corrected chi connectivity index (χ4v) is 6.85. The maximum Gasteiger partial charge on any atom is 0.159 e. The van der Waals surface area contributed by atoms with Gasteiger partial charge in [-0.15, -0.1) is 11.3 Å². The van der Waals surface area contributed by atoms with E-state index >= 15 is 0 Å². The van der Waals surface area contributed by atoms with Gasteiger partial charge in [-0.1, -0.05) is 55.5 Å². The number of furan rings is 1. The molecule has 0 amide bonds. The molecule has 1 N–H and O–H groups in total. The fraction of sp³-hybridized carbons (Fsp3) is 0.0968. The number of fused-ring (bicyclic) bond motifs is 10. The van der Waals surface area contributed by atoms with Crippen molar-refractivity contribution in [1.29, 1.82) is 0 Å². The fourth-order valence-electron chi connectivity index (χ4n) is 5.76. The van der Waals surface area contributed by atoms with Gasteiger partial charge in [0.2, 0.25) is 0 Å². The second kappa shape index (κ2) is 6.62. The van der Waals surface area contributed by atoms with Crippen LogP contribution < -0.4 is 0 Å². The van der Waals surface area contributed by atoms with Crippen molar-refractivity contribution in [1.82, 2.24) is 4.98 Å². The summed E-state index contributed by atoms with van der Waals surface area (Å²) in [7, 11) is 0. The van der Waals surface area contributed by atoms with Gasteiger partial charge in [0.05, 0.1) is 5.52 Å². The summed E-state index contributed by atoms with van der Waals surface area (Å²) in [6.45, 7) is 2.29. The number of hydrogen-bond acceptors (Lipinski definition) is 2. The summed E-state index contributed by atoms with van der Waals surface area (Å²) >= 11 is 1.87. The number of aromatic amines is 1. The smallest absolute Gasteiger partial charge is 0.159 e. The van der Waals surface area contributed by atoms with E-state index in [9.17, 15) is 0 Å². The summed E-state index contributed by atoms with van der Waals surface area (Å²) < 4.78 is 9.10. The molecule has 162 valence electrons. The van der Waals surface area contributed by atoms with Gasteiger partial charge in [-0.3, -0.25) is 0 Å². The molecule has 3 heteroatoms. The Morgan fingerprint density at radius 1 is 0.853 bits per heavy atom.